The van der Waals surface area contributed by atoms with E-state index in [4.69, 9.17) is 0 Å². The van der Waals surface area contributed by atoms with Crippen molar-refractivity contribution < 1.29 is 9.90 Å². The van der Waals surface area contributed by atoms with Gasteiger partial charge in [0, 0.05) is 18.9 Å². The zero-order valence-electron chi connectivity index (χ0n) is 12.5. The molecule has 1 aliphatic rings. The number of carbonyl (C=O) groups excluding carboxylic acids is 1. The number of aryl methyl sites for hydroxylation is 3. The van der Waals surface area contributed by atoms with Gasteiger partial charge in [-0.15, -0.1) is 0 Å². The maximum Gasteiger partial charge on any atom is 0.220 e. The standard InChI is InChI=1S/C17H25NO2/c1-12-8-13(2)10-14(9-12)6-7-17(20)18-11-15-4-3-5-16(15)19/h8-10,15-16,19H,3-7,11H2,1-2H3,(H,18,20). The summed E-state index contributed by atoms with van der Waals surface area (Å²) in [6.07, 6.45) is 4.05. The fourth-order valence-electron chi connectivity index (χ4n) is 3.06. The van der Waals surface area contributed by atoms with Gasteiger partial charge in [-0.05, 0) is 38.7 Å². The minimum atomic E-state index is -0.227. The number of carbonyl (C=O) groups is 1. The molecule has 20 heavy (non-hydrogen) atoms. The molecule has 1 saturated carbocycles. The summed E-state index contributed by atoms with van der Waals surface area (Å²) in [6.45, 7) is 4.78. The predicted molar refractivity (Wildman–Crippen MR) is 80.6 cm³/mol. The van der Waals surface area contributed by atoms with Crippen molar-refractivity contribution in [3.63, 3.8) is 0 Å². The Balaban J connectivity index is 1.74. The van der Waals surface area contributed by atoms with E-state index in [1.54, 1.807) is 0 Å². The van der Waals surface area contributed by atoms with Crippen molar-refractivity contribution in [2.45, 2.75) is 52.1 Å². The second kappa shape index (κ2) is 6.89. The van der Waals surface area contributed by atoms with Gasteiger partial charge in [-0.25, -0.2) is 0 Å². The highest BCUT2D eigenvalue weighted by molar-refractivity contribution is 5.76. The molecule has 2 atom stereocenters. The molecule has 0 aliphatic heterocycles. The van der Waals surface area contributed by atoms with E-state index in [-0.39, 0.29) is 17.9 Å². The molecule has 0 radical (unpaired) electrons. The van der Waals surface area contributed by atoms with Crippen molar-refractivity contribution in [3.8, 4) is 0 Å². The Kier molecular flexibility index (Phi) is 5.18. The Labute approximate surface area is 121 Å². The second-order valence-electron chi connectivity index (χ2n) is 6.06. The average molecular weight is 275 g/mol. The molecular weight excluding hydrogens is 250 g/mol. The smallest absolute Gasteiger partial charge is 0.220 e. The molecule has 0 aromatic heterocycles. The Bertz CT molecular complexity index is 450. The SMILES string of the molecule is Cc1cc(C)cc(CCC(=O)NCC2CCCC2O)c1. The van der Waals surface area contributed by atoms with Crippen LogP contribution in [0.1, 0.15) is 42.4 Å². The number of aliphatic hydroxyl groups is 1. The third kappa shape index (κ3) is 4.34. The summed E-state index contributed by atoms with van der Waals surface area (Å²) in [6, 6.07) is 6.42. The number of hydrogen-bond acceptors (Lipinski definition) is 2. The van der Waals surface area contributed by atoms with E-state index in [2.05, 4.69) is 37.4 Å². The van der Waals surface area contributed by atoms with Crippen LogP contribution in [0, 0.1) is 19.8 Å². The predicted octanol–water partition coefficient (Wildman–Crippen LogP) is 2.51. The van der Waals surface area contributed by atoms with E-state index in [0.717, 1.165) is 25.7 Å². The summed E-state index contributed by atoms with van der Waals surface area (Å²) in [7, 11) is 0. The summed E-state index contributed by atoms with van der Waals surface area (Å²) in [4.78, 5) is 11.9. The lowest BCUT2D eigenvalue weighted by molar-refractivity contribution is -0.121. The lowest BCUT2D eigenvalue weighted by atomic mass is 10.0. The zero-order valence-corrected chi connectivity index (χ0v) is 12.5. The van der Waals surface area contributed by atoms with E-state index in [1.807, 2.05) is 0 Å². The fourth-order valence-corrected chi connectivity index (χ4v) is 3.06. The van der Waals surface area contributed by atoms with E-state index in [9.17, 15) is 9.90 Å². The Hall–Kier alpha value is -1.35. The number of nitrogens with one attached hydrogen (secondary N) is 1. The maximum absolute atomic E-state index is 11.9. The summed E-state index contributed by atoms with van der Waals surface area (Å²) in [5.74, 6) is 0.337. The molecule has 2 N–H and O–H groups in total. The normalized spacial score (nSPS) is 21.9. The summed E-state index contributed by atoms with van der Waals surface area (Å²) in [5, 5.41) is 12.7. The summed E-state index contributed by atoms with van der Waals surface area (Å²) in [5.41, 5.74) is 3.71. The van der Waals surface area contributed by atoms with Crippen molar-refractivity contribution in [2.24, 2.45) is 5.92 Å². The van der Waals surface area contributed by atoms with Crippen molar-refractivity contribution in [2.75, 3.05) is 6.54 Å². The van der Waals surface area contributed by atoms with Gasteiger partial charge < -0.3 is 10.4 Å². The third-order valence-corrected chi connectivity index (χ3v) is 4.10. The van der Waals surface area contributed by atoms with Crippen LogP contribution in [0.3, 0.4) is 0 Å². The second-order valence-corrected chi connectivity index (χ2v) is 6.06. The lowest BCUT2D eigenvalue weighted by Gasteiger charge is -2.15. The van der Waals surface area contributed by atoms with Crippen LogP contribution >= 0.6 is 0 Å². The van der Waals surface area contributed by atoms with Crippen LogP contribution in [0.4, 0.5) is 0 Å². The molecule has 2 unspecified atom stereocenters. The first kappa shape index (κ1) is 15.0. The van der Waals surface area contributed by atoms with Gasteiger partial charge in [-0.3, -0.25) is 4.79 Å². The van der Waals surface area contributed by atoms with Gasteiger partial charge in [-0.2, -0.15) is 0 Å². The van der Waals surface area contributed by atoms with E-state index < -0.39 is 0 Å². The maximum atomic E-state index is 11.9. The number of benzene rings is 1. The number of rotatable bonds is 5. The molecule has 0 heterocycles. The molecule has 1 aliphatic carbocycles. The highest BCUT2D eigenvalue weighted by Gasteiger charge is 2.25. The average Bonchev–Trinajstić information content (AvgIpc) is 2.78. The fraction of sp³-hybridized carbons (Fsp3) is 0.588. The van der Waals surface area contributed by atoms with E-state index in [0.29, 0.717) is 13.0 Å². The molecule has 1 aromatic carbocycles. The zero-order chi connectivity index (χ0) is 14.5. The van der Waals surface area contributed by atoms with E-state index >= 15 is 0 Å². The van der Waals surface area contributed by atoms with Crippen LogP contribution < -0.4 is 5.32 Å². The van der Waals surface area contributed by atoms with Crippen LogP contribution in [0.5, 0.6) is 0 Å². The molecule has 2 rings (SSSR count). The first-order valence-corrected chi connectivity index (χ1v) is 7.56. The lowest BCUT2D eigenvalue weighted by Crippen LogP contribution is -2.32. The molecule has 0 spiro atoms. The molecule has 3 heteroatoms. The Morgan fingerprint density at radius 1 is 1.25 bits per heavy atom. The van der Waals surface area contributed by atoms with Crippen LogP contribution in [0.15, 0.2) is 18.2 Å². The highest BCUT2D eigenvalue weighted by Crippen LogP contribution is 2.24. The third-order valence-electron chi connectivity index (χ3n) is 4.10. The van der Waals surface area contributed by atoms with Crippen LogP contribution in [0.2, 0.25) is 0 Å². The number of amides is 1. The van der Waals surface area contributed by atoms with Gasteiger partial charge in [0.2, 0.25) is 5.91 Å². The molecule has 1 aromatic rings. The quantitative estimate of drug-likeness (QED) is 0.867. The molecule has 110 valence electrons. The summed E-state index contributed by atoms with van der Waals surface area (Å²) < 4.78 is 0. The molecule has 1 amide bonds. The van der Waals surface area contributed by atoms with Gasteiger partial charge in [0.1, 0.15) is 0 Å². The highest BCUT2D eigenvalue weighted by atomic mass is 16.3. The van der Waals surface area contributed by atoms with Crippen molar-refractivity contribution >= 4 is 5.91 Å². The molecule has 0 bridgehead atoms. The monoisotopic (exact) mass is 275 g/mol. The molecule has 1 fully saturated rings. The first-order chi connectivity index (χ1) is 9.54. The minimum Gasteiger partial charge on any atom is -0.393 e. The molecule has 0 saturated heterocycles. The number of hydrogen-bond donors (Lipinski definition) is 2. The Morgan fingerprint density at radius 3 is 2.55 bits per heavy atom. The molecule has 3 nitrogen and oxygen atoms in total. The van der Waals surface area contributed by atoms with Crippen LogP contribution in [0.25, 0.3) is 0 Å². The van der Waals surface area contributed by atoms with Gasteiger partial charge in [0.25, 0.3) is 0 Å². The number of aliphatic hydroxyl groups excluding tert-OH is 1. The van der Waals surface area contributed by atoms with Crippen molar-refractivity contribution in [3.05, 3.63) is 34.9 Å². The minimum absolute atomic E-state index is 0.0864. The Morgan fingerprint density at radius 2 is 1.95 bits per heavy atom. The van der Waals surface area contributed by atoms with Crippen molar-refractivity contribution in [1.29, 1.82) is 0 Å². The topological polar surface area (TPSA) is 49.3 Å². The van der Waals surface area contributed by atoms with Crippen LogP contribution in [-0.4, -0.2) is 23.7 Å². The largest absolute Gasteiger partial charge is 0.393 e. The van der Waals surface area contributed by atoms with Crippen LogP contribution in [-0.2, 0) is 11.2 Å². The molecular formula is C17H25NO2. The van der Waals surface area contributed by atoms with Gasteiger partial charge in [0.05, 0.1) is 6.10 Å². The van der Waals surface area contributed by atoms with E-state index in [1.165, 1.54) is 16.7 Å². The van der Waals surface area contributed by atoms with Gasteiger partial charge >= 0.3 is 0 Å². The summed E-state index contributed by atoms with van der Waals surface area (Å²) >= 11 is 0. The van der Waals surface area contributed by atoms with Gasteiger partial charge in [0.15, 0.2) is 0 Å². The van der Waals surface area contributed by atoms with Gasteiger partial charge in [-0.1, -0.05) is 35.7 Å². The van der Waals surface area contributed by atoms with Crippen molar-refractivity contribution in [1.82, 2.24) is 5.32 Å². The first-order valence-electron chi connectivity index (χ1n) is 7.56.